The highest BCUT2D eigenvalue weighted by Gasteiger charge is 2.16. The number of thiophene rings is 1. The molecule has 176 valence electrons. The summed E-state index contributed by atoms with van der Waals surface area (Å²) in [5, 5.41) is 4.79. The van der Waals surface area contributed by atoms with E-state index in [0.717, 1.165) is 27.4 Å². The first-order chi connectivity index (χ1) is 18.2. The maximum Gasteiger partial charge on any atom is 0.133 e. The zero-order valence-corrected chi connectivity index (χ0v) is 21.0. The highest BCUT2D eigenvalue weighted by atomic mass is 32.1. The minimum Gasteiger partial charge on any atom is -0.256 e. The first kappa shape index (κ1) is 21.9. The second-order valence-electron chi connectivity index (χ2n) is 9.40. The van der Waals surface area contributed by atoms with E-state index in [1.54, 1.807) is 0 Å². The van der Waals surface area contributed by atoms with Crippen LogP contribution in [0.4, 0.5) is 4.39 Å². The van der Waals surface area contributed by atoms with Gasteiger partial charge in [0.05, 0.1) is 5.69 Å². The van der Waals surface area contributed by atoms with Gasteiger partial charge in [-0.15, -0.1) is 11.3 Å². The summed E-state index contributed by atoms with van der Waals surface area (Å²) in [6, 6.07) is 37.6. The van der Waals surface area contributed by atoms with Gasteiger partial charge in [0.1, 0.15) is 5.82 Å². The molecule has 37 heavy (non-hydrogen) atoms. The molecule has 3 heteroatoms. The summed E-state index contributed by atoms with van der Waals surface area (Å²) in [6.07, 6.45) is 1.84. The van der Waals surface area contributed by atoms with Gasteiger partial charge in [0, 0.05) is 37.7 Å². The Kier molecular flexibility index (Phi) is 5.12. The van der Waals surface area contributed by atoms with Gasteiger partial charge in [-0.2, -0.15) is 0 Å². The first-order valence-corrected chi connectivity index (χ1v) is 13.1. The molecule has 0 amide bonds. The molecule has 0 bridgehead atoms. The number of aromatic nitrogens is 1. The van der Waals surface area contributed by atoms with E-state index in [1.165, 1.54) is 31.7 Å². The predicted octanol–water partition coefficient (Wildman–Crippen LogP) is 10.1. The first-order valence-electron chi connectivity index (χ1n) is 12.3. The number of halogens is 1. The van der Waals surface area contributed by atoms with Crippen molar-refractivity contribution in [3.8, 4) is 32.8 Å². The Bertz CT molecular complexity index is 1940. The molecule has 7 rings (SSSR count). The SMILES string of the molecule is Cc1ccc2c(ccc3c(-c4cc(-c5ccccc5)c5sc(-c6ccccc6)cc5c4)nccc32)c1F. The van der Waals surface area contributed by atoms with E-state index in [-0.39, 0.29) is 5.82 Å². The van der Waals surface area contributed by atoms with Gasteiger partial charge >= 0.3 is 0 Å². The van der Waals surface area contributed by atoms with Crippen LogP contribution < -0.4 is 0 Å². The van der Waals surface area contributed by atoms with Crippen LogP contribution in [0.25, 0.3) is 64.5 Å². The number of benzene rings is 5. The topological polar surface area (TPSA) is 12.9 Å². The summed E-state index contributed by atoms with van der Waals surface area (Å²) in [5.74, 6) is -0.155. The Balaban J connectivity index is 1.51. The van der Waals surface area contributed by atoms with Gasteiger partial charge in [0.25, 0.3) is 0 Å². The predicted molar refractivity (Wildman–Crippen MR) is 156 cm³/mol. The van der Waals surface area contributed by atoms with Crippen molar-refractivity contribution < 1.29 is 4.39 Å². The second kappa shape index (κ2) is 8.65. The molecule has 0 atom stereocenters. The zero-order chi connectivity index (χ0) is 24.9. The molecule has 0 spiro atoms. The fraction of sp³-hybridized carbons (Fsp3) is 0.0294. The quantitative estimate of drug-likeness (QED) is 0.222. The van der Waals surface area contributed by atoms with Crippen LogP contribution in [0.15, 0.2) is 115 Å². The summed E-state index contributed by atoms with van der Waals surface area (Å²) in [4.78, 5) is 6.08. The minimum atomic E-state index is -0.155. The van der Waals surface area contributed by atoms with Crippen LogP contribution in [-0.2, 0) is 0 Å². The summed E-state index contributed by atoms with van der Waals surface area (Å²) in [5.41, 5.74) is 6.22. The second-order valence-corrected chi connectivity index (χ2v) is 10.4. The van der Waals surface area contributed by atoms with Gasteiger partial charge in [0.15, 0.2) is 0 Å². The van der Waals surface area contributed by atoms with Crippen molar-refractivity contribution in [3.63, 3.8) is 0 Å². The van der Waals surface area contributed by atoms with Crippen molar-refractivity contribution in [1.82, 2.24) is 4.98 Å². The maximum atomic E-state index is 14.9. The number of fused-ring (bicyclic) bond motifs is 4. The lowest BCUT2D eigenvalue weighted by Crippen LogP contribution is -1.91. The number of pyridine rings is 1. The van der Waals surface area contributed by atoms with E-state index in [4.69, 9.17) is 4.98 Å². The van der Waals surface area contributed by atoms with Crippen molar-refractivity contribution in [1.29, 1.82) is 0 Å². The molecule has 0 radical (unpaired) electrons. The average Bonchev–Trinajstić information content (AvgIpc) is 3.39. The van der Waals surface area contributed by atoms with Crippen molar-refractivity contribution in [2.45, 2.75) is 6.92 Å². The molecule has 0 aliphatic rings. The fourth-order valence-corrected chi connectivity index (χ4v) is 6.42. The Morgan fingerprint density at radius 2 is 1.30 bits per heavy atom. The van der Waals surface area contributed by atoms with Crippen LogP contribution in [0.5, 0.6) is 0 Å². The molecule has 7 aromatic rings. The normalized spacial score (nSPS) is 11.5. The maximum absolute atomic E-state index is 14.9. The Morgan fingerprint density at radius 3 is 2.08 bits per heavy atom. The van der Waals surface area contributed by atoms with Crippen LogP contribution in [0.2, 0.25) is 0 Å². The Morgan fingerprint density at radius 1 is 0.622 bits per heavy atom. The van der Waals surface area contributed by atoms with E-state index in [9.17, 15) is 4.39 Å². The molecule has 0 N–H and O–H groups in total. The number of aryl methyl sites for hydroxylation is 1. The summed E-state index contributed by atoms with van der Waals surface area (Å²) < 4.78 is 16.2. The van der Waals surface area contributed by atoms with Gasteiger partial charge < -0.3 is 0 Å². The molecule has 0 unspecified atom stereocenters. The molecule has 2 aromatic heterocycles. The van der Waals surface area contributed by atoms with Crippen LogP contribution in [0.3, 0.4) is 0 Å². The minimum absolute atomic E-state index is 0.155. The van der Waals surface area contributed by atoms with Crippen LogP contribution in [0.1, 0.15) is 5.56 Å². The van der Waals surface area contributed by atoms with Gasteiger partial charge in [-0.3, -0.25) is 4.98 Å². The van der Waals surface area contributed by atoms with Crippen molar-refractivity contribution >= 4 is 43.0 Å². The summed E-state index contributed by atoms with van der Waals surface area (Å²) >= 11 is 1.82. The highest BCUT2D eigenvalue weighted by Crippen LogP contribution is 2.43. The van der Waals surface area contributed by atoms with Crippen molar-refractivity contribution in [2.24, 2.45) is 0 Å². The molecule has 0 aliphatic carbocycles. The van der Waals surface area contributed by atoms with E-state index < -0.39 is 0 Å². The molecular formula is C34H22FNS. The molecule has 0 saturated carbocycles. The number of nitrogens with zero attached hydrogens (tertiary/aromatic N) is 1. The van der Waals surface area contributed by atoms with Gasteiger partial charge in [-0.05, 0) is 64.0 Å². The lowest BCUT2D eigenvalue weighted by molar-refractivity contribution is 0.631. The Labute approximate surface area is 218 Å². The van der Waals surface area contributed by atoms with Gasteiger partial charge in [-0.25, -0.2) is 4.39 Å². The van der Waals surface area contributed by atoms with E-state index in [2.05, 4.69) is 66.7 Å². The van der Waals surface area contributed by atoms with Crippen LogP contribution >= 0.6 is 11.3 Å². The fourth-order valence-electron chi connectivity index (χ4n) is 5.24. The third-order valence-corrected chi connectivity index (χ3v) is 8.34. The van der Waals surface area contributed by atoms with Crippen molar-refractivity contribution in [3.05, 3.63) is 127 Å². The summed E-state index contributed by atoms with van der Waals surface area (Å²) in [7, 11) is 0. The highest BCUT2D eigenvalue weighted by molar-refractivity contribution is 7.22. The van der Waals surface area contributed by atoms with Gasteiger partial charge in [0.2, 0.25) is 0 Å². The standard InChI is InChI=1S/C34H22FNS/c1-21-12-13-26-27-16-17-36-33(29(27)15-14-28(26)32(21)35)24-18-25-20-31(23-10-6-3-7-11-23)37-34(25)30(19-24)22-8-4-2-5-9-22/h2-20H,1H3. The number of hydrogen-bond acceptors (Lipinski definition) is 2. The molecule has 5 aromatic carbocycles. The van der Waals surface area contributed by atoms with E-state index >= 15 is 0 Å². The molecule has 0 fully saturated rings. The van der Waals surface area contributed by atoms with E-state index in [1.807, 2.05) is 66.9 Å². The smallest absolute Gasteiger partial charge is 0.133 e. The monoisotopic (exact) mass is 495 g/mol. The number of rotatable bonds is 3. The van der Waals surface area contributed by atoms with Crippen LogP contribution in [0, 0.1) is 12.7 Å². The largest absolute Gasteiger partial charge is 0.256 e. The van der Waals surface area contributed by atoms with Crippen LogP contribution in [-0.4, -0.2) is 4.98 Å². The van der Waals surface area contributed by atoms with Gasteiger partial charge in [-0.1, -0.05) is 84.9 Å². The Hall–Kier alpha value is -4.34. The lowest BCUT2D eigenvalue weighted by Gasteiger charge is -2.12. The zero-order valence-electron chi connectivity index (χ0n) is 20.2. The molecule has 2 heterocycles. The third-order valence-electron chi connectivity index (χ3n) is 7.10. The average molecular weight is 496 g/mol. The molecular weight excluding hydrogens is 473 g/mol. The van der Waals surface area contributed by atoms with Crippen molar-refractivity contribution in [2.75, 3.05) is 0 Å². The molecule has 0 aliphatic heterocycles. The summed E-state index contributed by atoms with van der Waals surface area (Å²) in [6.45, 7) is 1.81. The molecule has 0 saturated heterocycles. The molecule has 1 nitrogen and oxygen atoms in total. The third kappa shape index (κ3) is 3.62. The van der Waals surface area contributed by atoms with E-state index in [0.29, 0.717) is 10.9 Å². The number of hydrogen-bond donors (Lipinski definition) is 0. The lowest BCUT2D eigenvalue weighted by atomic mass is 9.95.